The Hall–Kier alpha value is -3.07. The van der Waals surface area contributed by atoms with Gasteiger partial charge in [0.2, 0.25) is 10.0 Å². The van der Waals surface area contributed by atoms with Gasteiger partial charge in [-0.25, -0.2) is 13.4 Å². The predicted octanol–water partition coefficient (Wildman–Crippen LogP) is 5.04. The van der Waals surface area contributed by atoms with Crippen LogP contribution in [0, 0.1) is 0 Å². The highest BCUT2D eigenvalue weighted by Gasteiger charge is 2.27. The highest BCUT2D eigenvalue weighted by molar-refractivity contribution is 7.89. The summed E-state index contributed by atoms with van der Waals surface area (Å²) in [5, 5.41) is 4.10. The predicted molar refractivity (Wildman–Crippen MR) is 132 cm³/mol. The van der Waals surface area contributed by atoms with Crippen molar-refractivity contribution in [3.63, 3.8) is 0 Å². The quantitative estimate of drug-likeness (QED) is 0.377. The van der Waals surface area contributed by atoms with Gasteiger partial charge in [-0.15, -0.1) is 11.3 Å². The first-order valence-corrected chi connectivity index (χ1v) is 13.1. The molecule has 0 saturated carbocycles. The molecule has 33 heavy (non-hydrogen) atoms. The van der Waals surface area contributed by atoms with Crippen LogP contribution in [-0.2, 0) is 10.0 Å². The summed E-state index contributed by atoms with van der Waals surface area (Å²) in [6.45, 7) is 1.12. The fourth-order valence-electron chi connectivity index (χ4n) is 4.00. The van der Waals surface area contributed by atoms with Crippen molar-refractivity contribution in [2.45, 2.75) is 17.7 Å². The Morgan fingerprint density at radius 3 is 2.55 bits per heavy atom. The first kappa shape index (κ1) is 21.8. The monoisotopic (exact) mass is 477 g/mol. The number of hydrogen-bond donors (Lipinski definition) is 1. The van der Waals surface area contributed by atoms with Gasteiger partial charge in [0.25, 0.3) is 0 Å². The van der Waals surface area contributed by atoms with Gasteiger partial charge in [0, 0.05) is 29.9 Å². The van der Waals surface area contributed by atoms with Gasteiger partial charge < -0.3 is 5.32 Å². The van der Waals surface area contributed by atoms with Crippen LogP contribution in [0.4, 0.5) is 5.69 Å². The summed E-state index contributed by atoms with van der Waals surface area (Å²) in [6.07, 6.45) is 1.74. The van der Waals surface area contributed by atoms with Gasteiger partial charge in [0.15, 0.2) is 5.78 Å². The van der Waals surface area contributed by atoms with Crippen LogP contribution in [0.15, 0.2) is 77.7 Å². The zero-order valence-corrected chi connectivity index (χ0v) is 19.5. The Balaban J connectivity index is 1.35. The van der Waals surface area contributed by atoms with Crippen molar-refractivity contribution >= 4 is 43.0 Å². The Kier molecular flexibility index (Phi) is 5.97. The number of thiazole rings is 1. The Bertz CT molecular complexity index is 1390. The van der Waals surface area contributed by atoms with Gasteiger partial charge >= 0.3 is 0 Å². The number of hydrogen-bond acceptors (Lipinski definition) is 6. The van der Waals surface area contributed by atoms with E-state index in [1.807, 2.05) is 48.5 Å². The molecule has 1 fully saturated rings. The van der Waals surface area contributed by atoms with Crippen LogP contribution in [-0.4, -0.2) is 43.1 Å². The zero-order chi connectivity index (χ0) is 22.8. The van der Waals surface area contributed by atoms with Gasteiger partial charge in [0.1, 0.15) is 5.01 Å². The lowest BCUT2D eigenvalue weighted by molar-refractivity contribution is 0.101. The number of nitrogens with one attached hydrogen (secondary N) is 1. The topological polar surface area (TPSA) is 79.4 Å². The lowest BCUT2D eigenvalue weighted by Gasteiger charge is -2.16. The van der Waals surface area contributed by atoms with E-state index in [-0.39, 0.29) is 17.2 Å². The van der Waals surface area contributed by atoms with E-state index in [0.29, 0.717) is 18.7 Å². The van der Waals surface area contributed by atoms with Gasteiger partial charge in [0.05, 0.1) is 21.7 Å². The second-order valence-electron chi connectivity index (χ2n) is 7.95. The number of anilines is 1. The number of nitrogens with zero attached hydrogens (tertiary/aromatic N) is 2. The van der Waals surface area contributed by atoms with Crippen molar-refractivity contribution in [3.8, 4) is 10.6 Å². The summed E-state index contributed by atoms with van der Waals surface area (Å²) in [6, 6.07) is 22.1. The number of ketones is 1. The molecule has 5 rings (SSSR count). The standard InChI is InChI=1S/C25H23N3O3S2/c29-23(18-8-7-9-19(16-18)33(30,31)28-14-5-6-15-28)17-26-21-11-2-1-10-20(21)25-27-22-12-3-4-13-24(22)32-25/h1-4,7-13,16,26H,5-6,14-15,17H2. The van der Waals surface area contributed by atoms with Crippen LogP contribution >= 0.6 is 11.3 Å². The van der Waals surface area contributed by atoms with E-state index in [1.165, 1.54) is 10.4 Å². The Morgan fingerprint density at radius 2 is 1.73 bits per heavy atom. The minimum Gasteiger partial charge on any atom is -0.377 e. The highest BCUT2D eigenvalue weighted by atomic mass is 32.2. The molecule has 6 nitrogen and oxygen atoms in total. The summed E-state index contributed by atoms with van der Waals surface area (Å²) in [4.78, 5) is 17.8. The van der Waals surface area contributed by atoms with Gasteiger partial charge in [-0.05, 0) is 49.2 Å². The number of para-hydroxylation sites is 2. The number of carbonyl (C=O) groups is 1. The number of sulfonamides is 1. The second-order valence-corrected chi connectivity index (χ2v) is 10.9. The summed E-state index contributed by atoms with van der Waals surface area (Å²) >= 11 is 1.60. The normalized spacial score (nSPS) is 14.5. The molecule has 168 valence electrons. The number of carbonyl (C=O) groups excluding carboxylic acids is 1. The molecule has 1 N–H and O–H groups in total. The van der Waals surface area contributed by atoms with E-state index in [1.54, 1.807) is 29.5 Å². The second kappa shape index (κ2) is 9.05. The third kappa shape index (κ3) is 4.42. The fourth-order valence-corrected chi connectivity index (χ4v) is 6.56. The molecule has 1 saturated heterocycles. The van der Waals surface area contributed by atoms with Crippen molar-refractivity contribution in [2.75, 3.05) is 25.0 Å². The number of Topliss-reactive ketones (excluding diaryl/α,β-unsaturated/α-hetero) is 1. The molecule has 0 atom stereocenters. The van der Waals surface area contributed by atoms with Crippen molar-refractivity contribution in [2.24, 2.45) is 0 Å². The summed E-state index contributed by atoms with van der Waals surface area (Å²) in [5.41, 5.74) is 3.06. The van der Waals surface area contributed by atoms with E-state index < -0.39 is 10.0 Å². The lowest BCUT2D eigenvalue weighted by Crippen LogP contribution is -2.28. The van der Waals surface area contributed by atoms with Crippen LogP contribution < -0.4 is 5.32 Å². The minimum absolute atomic E-state index is 0.0507. The van der Waals surface area contributed by atoms with E-state index in [0.717, 1.165) is 39.3 Å². The van der Waals surface area contributed by atoms with Crippen LogP contribution in [0.1, 0.15) is 23.2 Å². The van der Waals surface area contributed by atoms with E-state index >= 15 is 0 Å². The van der Waals surface area contributed by atoms with Gasteiger partial charge in [-0.3, -0.25) is 4.79 Å². The first-order valence-electron chi connectivity index (χ1n) is 10.8. The fraction of sp³-hybridized carbons (Fsp3) is 0.200. The van der Waals surface area contributed by atoms with Gasteiger partial charge in [-0.2, -0.15) is 4.31 Å². The third-order valence-corrected chi connectivity index (χ3v) is 8.71. The van der Waals surface area contributed by atoms with Crippen LogP contribution in [0.2, 0.25) is 0 Å². The maximum atomic E-state index is 12.9. The smallest absolute Gasteiger partial charge is 0.243 e. The highest BCUT2D eigenvalue weighted by Crippen LogP contribution is 2.34. The number of rotatable bonds is 7. The van der Waals surface area contributed by atoms with Crippen molar-refractivity contribution in [1.82, 2.24) is 9.29 Å². The van der Waals surface area contributed by atoms with Crippen LogP contribution in [0.3, 0.4) is 0 Å². The molecular weight excluding hydrogens is 454 g/mol. The number of benzene rings is 3. The molecule has 0 aliphatic carbocycles. The lowest BCUT2D eigenvalue weighted by atomic mass is 10.1. The molecule has 3 aromatic carbocycles. The van der Waals surface area contributed by atoms with E-state index in [4.69, 9.17) is 4.98 Å². The minimum atomic E-state index is -3.56. The molecule has 0 spiro atoms. The Labute approximate surface area is 197 Å². The van der Waals surface area contributed by atoms with Crippen molar-refractivity contribution in [1.29, 1.82) is 0 Å². The molecule has 1 aliphatic rings. The number of aromatic nitrogens is 1. The summed E-state index contributed by atoms with van der Waals surface area (Å²) in [7, 11) is -3.56. The average Bonchev–Trinajstić information content (AvgIpc) is 3.53. The average molecular weight is 478 g/mol. The Morgan fingerprint density at radius 1 is 0.970 bits per heavy atom. The number of fused-ring (bicyclic) bond motifs is 1. The molecule has 2 heterocycles. The van der Waals surface area contributed by atoms with Crippen LogP contribution in [0.5, 0.6) is 0 Å². The maximum absolute atomic E-state index is 12.9. The third-order valence-electron chi connectivity index (χ3n) is 5.75. The molecule has 1 aromatic heterocycles. The first-order chi connectivity index (χ1) is 16.0. The SMILES string of the molecule is O=C(CNc1ccccc1-c1nc2ccccc2s1)c1cccc(S(=O)(=O)N2CCCC2)c1. The molecule has 1 aliphatic heterocycles. The summed E-state index contributed by atoms with van der Waals surface area (Å²) < 4.78 is 28.3. The molecular formula is C25H23N3O3S2. The molecule has 0 unspecified atom stereocenters. The maximum Gasteiger partial charge on any atom is 0.243 e. The molecule has 0 amide bonds. The van der Waals surface area contributed by atoms with Crippen molar-refractivity contribution < 1.29 is 13.2 Å². The van der Waals surface area contributed by atoms with E-state index in [9.17, 15) is 13.2 Å². The van der Waals surface area contributed by atoms with Crippen LogP contribution in [0.25, 0.3) is 20.8 Å². The molecule has 0 bridgehead atoms. The van der Waals surface area contributed by atoms with Crippen molar-refractivity contribution in [3.05, 3.63) is 78.4 Å². The zero-order valence-electron chi connectivity index (χ0n) is 17.9. The van der Waals surface area contributed by atoms with E-state index in [2.05, 4.69) is 5.32 Å². The molecule has 8 heteroatoms. The summed E-state index contributed by atoms with van der Waals surface area (Å²) in [5.74, 6) is -0.174. The largest absolute Gasteiger partial charge is 0.377 e. The molecule has 0 radical (unpaired) electrons. The molecule has 4 aromatic rings. The van der Waals surface area contributed by atoms with Gasteiger partial charge in [-0.1, -0.05) is 36.4 Å².